The highest BCUT2D eigenvalue weighted by atomic mass is 79.9. The standard InChI is InChI=1S/C16H23BrN2O/c1-2-16(17,12-8-10-13(18)11-9-12)15(20)19-14-6-4-3-5-7-14/h8-11,14H,2-7,18H2,1H3,(H,19,20). The molecule has 0 aliphatic heterocycles. The van der Waals surface area contributed by atoms with Crippen LogP contribution in [0.3, 0.4) is 0 Å². The second-order valence-corrected chi connectivity index (χ2v) is 6.94. The second kappa shape index (κ2) is 6.61. The number of nitrogens with two attached hydrogens (primary N) is 1. The van der Waals surface area contributed by atoms with Gasteiger partial charge in [-0.05, 0) is 37.0 Å². The van der Waals surface area contributed by atoms with Crippen LogP contribution in [0.5, 0.6) is 0 Å². The molecule has 3 N–H and O–H groups in total. The van der Waals surface area contributed by atoms with Crippen molar-refractivity contribution in [3.63, 3.8) is 0 Å². The van der Waals surface area contributed by atoms with Crippen molar-refractivity contribution < 1.29 is 4.79 Å². The number of rotatable bonds is 4. The molecule has 0 radical (unpaired) electrons. The number of nitrogen functional groups attached to an aromatic ring is 1. The fourth-order valence-electron chi connectivity index (χ4n) is 2.79. The quantitative estimate of drug-likeness (QED) is 0.649. The molecular weight excluding hydrogens is 316 g/mol. The summed E-state index contributed by atoms with van der Waals surface area (Å²) in [6.45, 7) is 2.02. The lowest BCUT2D eigenvalue weighted by molar-refractivity contribution is -0.124. The molecule has 110 valence electrons. The van der Waals surface area contributed by atoms with Gasteiger partial charge >= 0.3 is 0 Å². The monoisotopic (exact) mass is 338 g/mol. The highest BCUT2D eigenvalue weighted by Crippen LogP contribution is 2.36. The molecule has 0 spiro atoms. The van der Waals surface area contributed by atoms with Crippen LogP contribution < -0.4 is 11.1 Å². The van der Waals surface area contributed by atoms with Crippen molar-refractivity contribution in [3.05, 3.63) is 29.8 Å². The Kier molecular flexibility index (Phi) is 5.08. The number of alkyl halides is 1. The number of carbonyl (C=O) groups excluding carboxylic acids is 1. The van der Waals surface area contributed by atoms with Gasteiger partial charge in [-0.3, -0.25) is 4.79 Å². The summed E-state index contributed by atoms with van der Waals surface area (Å²) in [7, 11) is 0. The van der Waals surface area contributed by atoms with Gasteiger partial charge in [0, 0.05) is 11.7 Å². The summed E-state index contributed by atoms with van der Waals surface area (Å²) in [5.74, 6) is 0.0664. The minimum absolute atomic E-state index is 0.0664. The van der Waals surface area contributed by atoms with Gasteiger partial charge in [0.05, 0.1) is 0 Å². The zero-order valence-electron chi connectivity index (χ0n) is 12.0. The van der Waals surface area contributed by atoms with Gasteiger partial charge in [0.1, 0.15) is 4.32 Å². The summed E-state index contributed by atoms with van der Waals surface area (Å²) in [5.41, 5.74) is 7.40. The van der Waals surface area contributed by atoms with Gasteiger partial charge in [0.25, 0.3) is 0 Å². The molecule has 20 heavy (non-hydrogen) atoms. The summed E-state index contributed by atoms with van der Waals surface area (Å²) >= 11 is 3.66. The number of hydrogen-bond donors (Lipinski definition) is 2. The maximum Gasteiger partial charge on any atom is 0.241 e. The summed E-state index contributed by atoms with van der Waals surface area (Å²) in [6, 6.07) is 7.86. The lowest BCUT2D eigenvalue weighted by Crippen LogP contribution is -2.45. The maximum absolute atomic E-state index is 12.7. The first-order valence-electron chi connectivity index (χ1n) is 7.42. The van der Waals surface area contributed by atoms with Crippen LogP contribution in [-0.4, -0.2) is 11.9 Å². The predicted molar refractivity (Wildman–Crippen MR) is 86.8 cm³/mol. The minimum Gasteiger partial charge on any atom is -0.399 e. The van der Waals surface area contributed by atoms with Crippen LogP contribution in [0.2, 0.25) is 0 Å². The SMILES string of the molecule is CCC(Br)(C(=O)NC1CCCCC1)c1ccc(N)cc1. The molecule has 2 rings (SSSR count). The Morgan fingerprint density at radius 1 is 1.30 bits per heavy atom. The van der Waals surface area contributed by atoms with Gasteiger partial charge in [0.2, 0.25) is 5.91 Å². The summed E-state index contributed by atoms with van der Waals surface area (Å²) in [5, 5.41) is 3.21. The zero-order chi connectivity index (χ0) is 14.6. The molecule has 1 amide bonds. The van der Waals surface area contributed by atoms with Gasteiger partial charge in [-0.15, -0.1) is 0 Å². The molecule has 0 bridgehead atoms. The Labute approximate surface area is 129 Å². The lowest BCUT2D eigenvalue weighted by atomic mass is 9.92. The van der Waals surface area contributed by atoms with Crippen molar-refractivity contribution in [1.82, 2.24) is 5.32 Å². The molecule has 1 aromatic carbocycles. The van der Waals surface area contributed by atoms with Gasteiger partial charge in [-0.1, -0.05) is 54.2 Å². The van der Waals surface area contributed by atoms with E-state index in [-0.39, 0.29) is 5.91 Å². The molecule has 1 aliphatic rings. The Morgan fingerprint density at radius 3 is 2.45 bits per heavy atom. The van der Waals surface area contributed by atoms with Crippen LogP contribution in [0.4, 0.5) is 5.69 Å². The first-order valence-corrected chi connectivity index (χ1v) is 8.21. The molecule has 0 aromatic heterocycles. The molecule has 1 atom stereocenters. The van der Waals surface area contributed by atoms with E-state index >= 15 is 0 Å². The number of benzene rings is 1. The van der Waals surface area contributed by atoms with Crippen molar-refractivity contribution >= 4 is 27.5 Å². The Morgan fingerprint density at radius 2 is 1.90 bits per heavy atom. The molecule has 4 heteroatoms. The third-order valence-corrected chi connectivity index (χ3v) is 5.53. The number of amides is 1. The van der Waals surface area contributed by atoms with E-state index in [1.165, 1.54) is 19.3 Å². The van der Waals surface area contributed by atoms with Crippen molar-refractivity contribution in [2.24, 2.45) is 0 Å². The van der Waals surface area contributed by atoms with Crippen LogP contribution in [0.15, 0.2) is 24.3 Å². The first kappa shape index (κ1) is 15.4. The average Bonchev–Trinajstić information content (AvgIpc) is 2.48. The van der Waals surface area contributed by atoms with Gasteiger partial charge < -0.3 is 11.1 Å². The number of hydrogen-bond acceptors (Lipinski definition) is 2. The van der Waals surface area contributed by atoms with E-state index in [9.17, 15) is 4.79 Å². The second-order valence-electron chi connectivity index (χ2n) is 5.59. The van der Waals surface area contributed by atoms with E-state index < -0.39 is 4.32 Å². The minimum atomic E-state index is -0.655. The van der Waals surface area contributed by atoms with Crippen LogP contribution in [0, 0.1) is 0 Å². The summed E-state index contributed by atoms with van der Waals surface area (Å²) < 4.78 is -0.655. The predicted octanol–water partition coefficient (Wildman–Crippen LogP) is 3.72. The third-order valence-electron chi connectivity index (χ3n) is 4.16. The van der Waals surface area contributed by atoms with Crippen LogP contribution in [-0.2, 0) is 9.12 Å². The molecule has 1 aliphatic carbocycles. The first-order chi connectivity index (χ1) is 9.56. The fourth-order valence-corrected chi connectivity index (χ4v) is 3.17. The lowest BCUT2D eigenvalue weighted by Gasteiger charge is -2.30. The number of halogens is 1. The number of nitrogens with one attached hydrogen (secondary N) is 1. The Hall–Kier alpha value is -1.03. The van der Waals surface area contributed by atoms with E-state index in [2.05, 4.69) is 21.2 Å². The van der Waals surface area contributed by atoms with E-state index in [0.29, 0.717) is 18.2 Å². The van der Waals surface area contributed by atoms with Crippen molar-refractivity contribution in [2.75, 3.05) is 5.73 Å². The summed E-state index contributed by atoms with van der Waals surface area (Å²) in [6.07, 6.45) is 6.62. The largest absolute Gasteiger partial charge is 0.399 e. The van der Waals surface area contributed by atoms with Crippen molar-refractivity contribution in [2.45, 2.75) is 55.8 Å². The topological polar surface area (TPSA) is 55.1 Å². The Balaban J connectivity index is 2.12. The molecule has 0 heterocycles. The van der Waals surface area contributed by atoms with Crippen molar-refractivity contribution in [1.29, 1.82) is 0 Å². The fraction of sp³-hybridized carbons (Fsp3) is 0.562. The average molecular weight is 339 g/mol. The highest BCUT2D eigenvalue weighted by Gasteiger charge is 2.36. The smallest absolute Gasteiger partial charge is 0.241 e. The number of carbonyl (C=O) groups is 1. The molecule has 0 saturated heterocycles. The normalized spacial score (nSPS) is 19.3. The molecule has 1 fully saturated rings. The summed E-state index contributed by atoms with van der Waals surface area (Å²) in [4.78, 5) is 12.7. The third kappa shape index (κ3) is 3.35. The number of anilines is 1. The van der Waals surface area contributed by atoms with E-state index in [1.54, 1.807) is 0 Å². The highest BCUT2D eigenvalue weighted by molar-refractivity contribution is 9.10. The van der Waals surface area contributed by atoms with Gasteiger partial charge in [0.15, 0.2) is 0 Å². The van der Waals surface area contributed by atoms with Crippen LogP contribution in [0.1, 0.15) is 51.0 Å². The molecule has 3 nitrogen and oxygen atoms in total. The van der Waals surface area contributed by atoms with E-state index in [4.69, 9.17) is 5.73 Å². The van der Waals surface area contributed by atoms with Crippen LogP contribution in [0.25, 0.3) is 0 Å². The molecule has 1 unspecified atom stereocenters. The maximum atomic E-state index is 12.7. The molecule has 1 saturated carbocycles. The molecule has 1 aromatic rings. The van der Waals surface area contributed by atoms with Gasteiger partial charge in [-0.2, -0.15) is 0 Å². The van der Waals surface area contributed by atoms with Crippen LogP contribution >= 0.6 is 15.9 Å². The van der Waals surface area contributed by atoms with Crippen molar-refractivity contribution in [3.8, 4) is 0 Å². The van der Waals surface area contributed by atoms with E-state index in [1.807, 2.05) is 31.2 Å². The van der Waals surface area contributed by atoms with E-state index in [0.717, 1.165) is 18.4 Å². The van der Waals surface area contributed by atoms with Gasteiger partial charge in [-0.25, -0.2) is 0 Å². The Bertz CT molecular complexity index is 454. The molecular formula is C16H23BrN2O. The zero-order valence-corrected chi connectivity index (χ0v) is 13.6.